The summed E-state index contributed by atoms with van der Waals surface area (Å²) in [5, 5.41) is 30.4. The van der Waals surface area contributed by atoms with Crippen LogP contribution in [0.25, 0.3) is 0 Å². The lowest BCUT2D eigenvalue weighted by Gasteiger charge is -2.38. The minimum Gasteiger partial charge on any atom is -0.512 e. The largest absolute Gasteiger partial charge is 0.512 e. The van der Waals surface area contributed by atoms with E-state index in [1.165, 1.54) is 5.57 Å². The summed E-state index contributed by atoms with van der Waals surface area (Å²) < 4.78 is 0. The minimum atomic E-state index is -0.262. The van der Waals surface area contributed by atoms with E-state index in [1.807, 2.05) is 39.0 Å². The molecular formula is C31H42O3. The third-order valence-corrected chi connectivity index (χ3v) is 7.13. The van der Waals surface area contributed by atoms with Crippen molar-refractivity contribution < 1.29 is 15.3 Å². The second kappa shape index (κ2) is 11.5. The van der Waals surface area contributed by atoms with E-state index >= 15 is 0 Å². The Bertz CT molecular complexity index is 1080. The summed E-state index contributed by atoms with van der Waals surface area (Å²) in [6.07, 6.45) is 7.55. The SMILES string of the molecule is CC.CCc1cc(C(C)(C)c2ccc(O)c(C/C=C/C=C3\C(=C(/C)O)C(C)C3C)c2)ccc1O. The summed E-state index contributed by atoms with van der Waals surface area (Å²) >= 11 is 0. The maximum absolute atomic E-state index is 10.4. The lowest BCUT2D eigenvalue weighted by atomic mass is 9.66. The number of aromatic hydroxyl groups is 2. The zero-order valence-electron chi connectivity index (χ0n) is 22.1. The normalized spacial score (nSPS) is 20.6. The number of aliphatic hydroxyl groups is 1. The topological polar surface area (TPSA) is 60.7 Å². The first-order valence-electron chi connectivity index (χ1n) is 12.5. The first-order chi connectivity index (χ1) is 16.1. The number of phenols is 2. The Morgan fingerprint density at radius 3 is 1.97 bits per heavy atom. The molecule has 3 heteroatoms. The summed E-state index contributed by atoms with van der Waals surface area (Å²) in [5.74, 6) is 1.85. The average molecular weight is 463 g/mol. The molecule has 1 aliphatic rings. The minimum absolute atomic E-state index is 0.262. The van der Waals surface area contributed by atoms with Crippen LogP contribution >= 0.6 is 0 Å². The molecule has 1 saturated carbocycles. The van der Waals surface area contributed by atoms with Crippen LogP contribution in [0.1, 0.15) is 77.6 Å². The molecule has 2 aromatic carbocycles. The van der Waals surface area contributed by atoms with E-state index < -0.39 is 0 Å². The summed E-state index contributed by atoms with van der Waals surface area (Å²) in [7, 11) is 0. The highest BCUT2D eigenvalue weighted by Crippen LogP contribution is 2.46. The molecule has 0 spiro atoms. The first-order valence-corrected chi connectivity index (χ1v) is 12.5. The van der Waals surface area contributed by atoms with Gasteiger partial charge in [0, 0.05) is 5.41 Å². The van der Waals surface area contributed by atoms with Gasteiger partial charge in [-0.1, -0.05) is 91.0 Å². The predicted molar refractivity (Wildman–Crippen MR) is 144 cm³/mol. The molecule has 1 aliphatic carbocycles. The number of hydrogen-bond donors (Lipinski definition) is 3. The van der Waals surface area contributed by atoms with Gasteiger partial charge in [0.05, 0.1) is 5.76 Å². The Hall–Kier alpha value is -2.94. The molecule has 0 aromatic heterocycles. The summed E-state index contributed by atoms with van der Waals surface area (Å²) in [6.45, 7) is 16.4. The van der Waals surface area contributed by atoms with E-state index in [0.717, 1.165) is 34.2 Å². The molecule has 2 unspecified atom stereocenters. The summed E-state index contributed by atoms with van der Waals surface area (Å²) in [6, 6.07) is 11.6. The smallest absolute Gasteiger partial charge is 0.119 e. The Kier molecular flexibility index (Phi) is 9.21. The Labute approximate surface area is 206 Å². The van der Waals surface area contributed by atoms with E-state index in [9.17, 15) is 15.3 Å². The third-order valence-electron chi connectivity index (χ3n) is 7.13. The number of allylic oxidation sites excluding steroid dienone is 6. The van der Waals surface area contributed by atoms with Crippen LogP contribution in [0.15, 0.2) is 71.5 Å². The molecule has 0 heterocycles. The number of hydrogen-bond acceptors (Lipinski definition) is 3. The fourth-order valence-electron chi connectivity index (χ4n) is 4.64. The molecule has 3 rings (SSSR count). The molecule has 1 fully saturated rings. The van der Waals surface area contributed by atoms with Crippen molar-refractivity contribution in [2.45, 2.75) is 73.6 Å². The molecule has 34 heavy (non-hydrogen) atoms. The van der Waals surface area contributed by atoms with Crippen molar-refractivity contribution in [3.63, 3.8) is 0 Å². The van der Waals surface area contributed by atoms with Crippen LogP contribution in [-0.4, -0.2) is 15.3 Å². The van der Waals surface area contributed by atoms with Gasteiger partial charge in [0.15, 0.2) is 0 Å². The van der Waals surface area contributed by atoms with Crippen molar-refractivity contribution in [3.05, 3.63) is 93.8 Å². The fourth-order valence-corrected chi connectivity index (χ4v) is 4.64. The fraction of sp³-hybridized carbons (Fsp3) is 0.419. The van der Waals surface area contributed by atoms with Crippen molar-refractivity contribution in [1.82, 2.24) is 0 Å². The molecule has 0 radical (unpaired) electrons. The van der Waals surface area contributed by atoms with Crippen LogP contribution in [0.4, 0.5) is 0 Å². The number of aliphatic hydroxyl groups excluding tert-OH is 1. The van der Waals surface area contributed by atoms with Gasteiger partial charge in [0.25, 0.3) is 0 Å². The van der Waals surface area contributed by atoms with Crippen molar-refractivity contribution >= 4 is 0 Å². The zero-order chi connectivity index (χ0) is 25.6. The molecule has 2 aromatic rings. The van der Waals surface area contributed by atoms with Crippen molar-refractivity contribution in [3.8, 4) is 11.5 Å². The van der Waals surface area contributed by atoms with Gasteiger partial charge in [-0.25, -0.2) is 0 Å². The maximum atomic E-state index is 10.4. The van der Waals surface area contributed by atoms with Gasteiger partial charge in [0.2, 0.25) is 0 Å². The Balaban J connectivity index is 0.00000199. The quantitative estimate of drug-likeness (QED) is 0.380. The lowest BCUT2D eigenvalue weighted by Crippen LogP contribution is -2.28. The second-order valence-corrected chi connectivity index (χ2v) is 9.50. The average Bonchev–Trinajstić information content (AvgIpc) is 2.82. The van der Waals surface area contributed by atoms with E-state index in [0.29, 0.717) is 35.5 Å². The van der Waals surface area contributed by atoms with Gasteiger partial charge in [0.1, 0.15) is 11.5 Å². The van der Waals surface area contributed by atoms with E-state index in [-0.39, 0.29) is 5.41 Å². The highest BCUT2D eigenvalue weighted by Gasteiger charge is 2.35. The number of rotatable bonds is 6. The monoisotopic (exact) mass is 462 g/mol. The van der Waals surface area contributed by atoms with Gasteiger partial charge in [-0.3, -0.25) is 0 Å². The van der Waals surface area contributed by atoms with Gasteiger partial charge < -0.3 is 15.3 Å². The maximum Gasteiger partial charge on any atom is 0.119 e. The molecule has 0 bridgehead atoms. The van der Waals surface area contributed by atoms with Gasteiger partial charge in [-0.15, -0.1) is 0 Å². The third kappa shape index (κ3) is 5.58. The lowest BCUT2D eigenvalue weighted by molar-refractivity contribution is 0.351. The molecular weight excluding hydrogens is 420 g/mol. The summed E-state index contributed by atoms with van der Waals surface area (Å²) in [5.41, 5.74) is 6.05. The van der Waals surface area contributed by atoms with E-state index in [2.05, 4.69) is 52.0 Å². The van der Waals surface area contributed by atoms with Crippen LogP contribution < -0.4 is 0 Å². The van der Waals surface area contributed by atoms with Crippen molar-refractivity contribution in [2.24, 2.45) is 11.8 Å². The molecule has 0 aliphatic heterocycles. The molecule has 184 valence electrons. The standard InChI is InChI=1S/C29H36O3.C2H6/c1-7-21-16-23(12-14-26(21)31)29(5,6)24-13-15-27(32)22(17-24)10-8-9-11-25-18(2)19(3)28(25)20(4)30;1-2/h8-9,11-19,30-32H,7,10H2,1-6H3;1-2H3/b9-8+,25-11-,28-20+;. The number of aryl methyl sites for hydroxylation is 1. The zero-order valence-corrected chi connectivity index (χ0v) is 22.1. The highest BCUT2D eigenvalue weighted by molar-refractivity contribution is 5.49. The molecule has 3 nitrogen and oxygen atoms in total. The van der Waals surface area contributed by atoms with Crippen LogP contribution in [0.5, 0.6) is 11.5 Å². The summed E-state index contributed by atoms with van der Waals surface area (Å²) in [4.78, 5) is 0. The van der Waals surface area contributed by atoms with E-state index in [1.54, 1.807) is 19.1 Å². The number of benzene rings is 2. The molecule has 0 amide bonds. The van der Waals surface area contributed by atoms with Crippen LogP contribution in [0.3, 0.4) is 0 Å². The first kappa shape index (κ1) is 27.3. The Morgan fingerprint density at radius 2 is 1.44 bits per heavy atom. The van der Waals surface area contributed by atoms with E-state index in [4.69, 9.17) is 0 Å². The predicted octanol–water partition coefficient (Wildman–Crippen LogP) is 8.16. The molecule has 3 N–H and O–H groups in total. The van der Waals surface area contributed by atoms with Gasteiger partial charge in [-0.2, -0.15) is 0 Å². The highest BCUT2D eigenvalue weighted by atomic mass is 16.3. The molecule has 2 atom stereocenters. The second-order valence-electron chi connectivity index (χ2n) is 9.50. The van der Waals surface area contributed by atoms with Crippen LogP contribution in [-0.2, 0) is 18.3 Å². The van der Waals surface area contributed by atoms with Gasteiger partial charge >= 0.3 is 0 Å². The van der Waals surface area contributed by atoms with Crippen molar-refractivity contribution in [2.75, 3.05) is 0 Å². The Morgan fingerprint density at radius 1 is 0.912 bits per heavy atom. The van der Waals surface area contributed by atoms with Crippen molar-refractivity contribution in [1.29, 1.82) is 0 Å². The van der Waals surface area contributed by atoms with Crippen LogP contribution in [0, 0.1) is 11.8 Å². The van der Waals surface area contributed by atoms with Crippen LogP contribution in [0.2, 0.25) is 0 Å². The molecule has 0 saturated heterocycles. The number of phenolic OH excluding ortho intramolecular Hbond substituents is 2. The van der Waals surface area contributed by atoms with Gasteiger partial charge in [-0.05, 0) is 77.1 Å².